The Kier molecular flexibility index (Phi) is 3.33. The van der Waals surface area contributed by atoms with Gasteiger partial charge in [0, 0.05) is 0 Å². The Labute approximate surface area is 129 Å². The minimum atomic E-state index is -0.0461. The van der Waals surface area contributed by atoms with Gasteiger partial charge in [0.05, 0.1) is 6.10 Å². The van der Waals surface area contributed by atoms with Crippen molar-refractivity contribution in [2.75, 3.05) is 0 Å². The molecule has 0 bridgehead atoms. The fraction of sp³-hybridized carbons (Fsp3) is 0.800. The number of aliphatic hydroxyl groups excluding tert-OH is 1. The van der Waals surface area contributed by atoms with Crippen molar-refractivity contribution in [3.8, 4) is 0 Å². The smallest absolute Gasteiger partial charge is 0.0580 e. The summed E-state index contributed by atoms with van der Waals surface area (Å²) in [4.78, 5) is 0. The molecule has 0 saturated heterocycles. The molecule has 1 heteroatoms. The average Bonchev–Trinajstić information content (AvgIpc) is 2.83. The van der Waals surface area contributed by atoms with Crippen LogP contribution in [0.4, 0.5) is 0 Å². The first-order valence-corrected chi connectivity index (χ1v) is 9.18. The Morgan fingerprint density at radius 3 is 2.76 bits per heavy atom. The summed E-state index contributed by atoms with van der Waals surface area (Å²) < 4.78 is 0. The molecule has 1 nitrogen and oxygen atoms in total. The molecule has 0 radical (unpaired) electrons. The highest BCUT2D eigenvalue weighted by Crippen LogP contribution is 2.62. The van der Waals surface area contributed by atoms with E-state index >= 15 is 0 Å². The third kappa shape index (κ3) is 2.00. The van der Waals surface area contributed by atoms with Gasteiger partial charge in [-0.25, -0.2) is 0 Å². The van der Waals surface area contributed by atoms with Gasteiger partial charge in [-0.05, 0) is 87.9 Å². The van der Waals surface area contributed by atoms with Gasteiger partial charge in [-0.1, -0.05) is 29.7 Å². The zero-order valence-electron chi connectivity index (χ0n) is 13.7. The lowest BCUT2D eigenvalue weighted by Crippen LogP contribution is -2.42. The van der Waals surface area contributed by atoms with Crippen LogP contribution in [0.1, 0.15) is 71.6 Å². The molecule has 0 amide bonds. The largest absolute Gasteiger partial charge is 0.393 e. The van der Waals surface area contributed by atoms with Crippen LogP contribution in [0.15, 0.2) is 22.8 Å². The highest BCUT2D eigenvalue weighted by Gasteiger charge is 2.52. The molecule has 0 aromatic rings. The van der Waals surface area contributed by atoms with Crippen molar-refractivity contribution in [2.24, 2.45) is 23.2 Å². The second kappa shape index (κ2) is 4.98. The Hall–Kier alpha value is -0.560. The summed E-state index contributed by atoms with van der Waals surface area (Å²) >= 11 is 0. The van der Waals surface area contributed by atoms with Gasteiger partial charge in [-0.15, -0.1) is 0 Å². The van der Waals surface area contributed by atoms with Crippen molar-refractivity contribution in [3.63, 3.8) is 0 Å². The molecule has 5 atom stereocenters. The molecular formula is C20H30O. The van der Waals surface area contributed by atoms with E-state index in [1.54, 1.807) is 16.7 Å². The Bertz CT molecular complexity index is 500. The van der Waals surface area contributed by atoms with Gasteiger partial charge in [0.1, 0.15) is 0 Å². The second-order valence-electron chi connectivity index (χ2n) is 8.25. The van der Waals surface area contributed by atoms with Crippen LogP contribution in [0, 0.1) is 23.2 Å². The maximum Gasteiger partial charge on any atom is 0.0580 e. The number of aliphatic hydroxyl groups is 1. The van der Waals surface area contributed by atoms with E-state index in [4.69, 9.17) is 0 Å². The summed E-state index contributed by atoms with van der Waals surface area (Å²) in [6.07, 6.45) is 13.8. The highest BCUT2D eigenvalue weighted by atomic mass is 16.3. The fourth-order valence-corrected chi connectivity index (χ4v) is 6.51. The van der Waals surface area contributed by atoms with Crippen molar-refractivity contribution < 1.29 is 5.11 Å². The van der Waals surface area contributed by atoms with E-state index in [-0.39, 0.29) is 6.10 Å². The molecular weight excluding hydrogens is 256 g/mol. The number of fused-ring (bicyclic) bond motifs is 4. The van der Waals surface area contributed by atoms with Gasteiger partial charge in [0.2, 0.25) is 0 Å². The molecule has 0 spiro atoms. The van der Waals surface area contributed by atoms with Crippen molar-refractivity contribution in [2.45, 2.75) is 77.7 Å². The molecule has 0 heterocycles. The molecule has 4 rings (SSSR count). The standard InChI is InChI=1S/C20H30O/c1-3-14-5-9-19-18-7-4-13-12-15(21)6-8-16(13)17(18)10-11-20(14,19)2/h3,15,17-19,21H,4-12H2,1-2H3/b14-3+/t15?,17-,18-,19+,20-/m1/s1. The first kappa shape index (κ1) is 14.1. The molecule has 21 heavy (non-hydrogen) atoms. The predicted molar refractivity (Wildman–Crippen MR) is 86.9 cm³/mol. The zero-order chi connectivity index (χ0) is 14.6. The molecule has 1 N–H and O–H groups in total. The quantitative estimate of drug-likeness (QED) is 0.621. The van der Waals surface area contributed by atoms with Crippen LogP contribution in [0.2, 0.25) is 0 Å². The van der Waals surface area contributed by atoms with Crippen molar-refractivity contribution >= 4 is 0 Å². The van der Waals surface area contributed by atoms with Crippen molar-refractivity contribution in [1.82, 2.24) is 0 Å². The normalized spacial score (nSPS) is 48.0. The number of allylic oxidation sites excluding steroid dienone is 3. The number of rotatable bonds is 0. The van der Waals surface area contributed by atoms with Crippen LogP contribution in [0.3, 0.4) is 0 Å². The van der Waals surface area contributed by atoms with Gasteiger partial charge in [-0.2, -0.15) is 0 Å². The summed E-state index contributed by atoms with van der Waals surface area (Å²) in [7, 11) is 0. The number of hydrogen-bond acceptors (Lipinski definition) is 1. The van der Waals surface area contributed by atoms with Crippen LogP contribution in [0.5, 0.6) is 0 Å². The van der Waals surface area contributed by atoms with Crippen LogP contribution >= 0.6 is 0 Å². The van der Waals surface area contributed by atoms with E-state index in [1.807, 2.05) is 0 Å². The summed E-state index contributed by atoms with van der Waals surface area (Å²) in [6, 6.07) is 0. The topological polar surface area (TPSA) is 20.2 Å². The zero-order valence-corrected chi connectivity index (χ0v) is 13.7. The Morgan fingerprint density at radius 1 is 1.10 bits per heavy atom. The van der Waals surface area contributed by atoms with Crippen LogP contribution in [-0.2, 0) is 0 Å². The summed E-state index contributed by atoms with van der Waals surface area (Å²) in [5, 5.41) is 9.96. The molecule has 0 aromatic carbocycles. The molecule has 4 aliphatic rings. The van der Waals surface area contributed by atoms with E-state index in [0.717, 1.165) is 30.6 Å². The lowest BCUT2D eigenvalue weighted by Gasteiger charge is -2.51. The average molecular weight is 286 g/mol. The second-order valence-corrected chi connectivity index (χ2v) is 8.25. The molecule has 2 fully saturated rings. The molecule has 0 aliphatic heterocycles. The monoisotopic (exact) mass is 286 g/mol. The van der Waals surface area contributed by atoms with Gasteiger partial charge in [0.25, 0.3) is 0 Å². The lowest BCUT2D eigenvalue weighted by molar-refractivity contribution is 0.0544. The summed E-state index contributed by atoms with van der Waals surface area (Å²) in [5.41, 5.74) is 5.72. The van der Waals surface area contributed by atoms with Gasteiger partial charge < -0.3 is 5.11 Å². The molecule has 116 valence electrons. The van der Waals surface area contributed by atoms with Crippen molar-refractivity contribution in [3.05, 3.63) is 22.8 Å². The highest BCUT2D eigenvalue weighted by molar-refractivity contribution is 5.30. The Balaban J connectivity index is 1.65. The van der Waals surface area contributed by atoms with E-state index in [9.17, 15) is 5.11 Å². The molecule has 1 unspecified atom stereocenters. The molecule has 0 aromatic heterocycles. The first-order chi connectivity index (χ1) is 10.1. The van der Waals surface area contributed by atoms with E-state index < -0.39 is 0 Å². The summed E-state index contributed by atoms with van der Waals surface area (Å²) in [6.45, 7) is 4.81. The minimum Gasteiger partial charge on any atom is -0.393 e. The lowest BCUT2D eigenvalue weighted by atomic mass is 9.54. The summed E-state index contributed by atoms with van der Waals surface area (Å²) in [5.74, 6) is 2.74. The van der Waals surface area contributed by atoms with E-state index in [2.05, 4.69) is 19.9 Å². The molecule has 2 saturated carbocycles. The SMILES string of the molecule is C/C=C1\CC[C@H]2[C@@H]3CCC4=C(CCC(O)C4)[C@H]3CC[C@]12C. The van der Waals surface area contributed by atoms with Crippen LogP contribution < -0.4 is 0 Å². The fourth-order valence-electron chi connectivity index (χ4n) is 6.51. The molecule has 4 aliphatic carbocycles. The van der Waals surface area contributed by atoms with Gasteiger partial charge in [-0.3, -0.25) is 0 Å². The maximum atomic E-state index is 9.96. The third-order valence-electron chi connectivity index (χ3n) is 7.54. The van der Waals surface area contributed by atoms with Crippen LogP contribution in [-0.4, -0.2) is 11.2 Å². The van der Waals surface area contributed by atoms with Gasteiger partial charge in [0.15, 0.2) is 0 Å². The van der Waals surface area contributed by atoms with E-state index in [0.29, 0.717) is 5.41 Å². The van der Waals surface area contributed by atoms with Crippen molar-refractivity contribution in [1.29, 1.82) is 0 Å². The first-order valence-electron chi connectivity index (χ1n) is 9.18. The van der Waals surface area contributed by atoms with Gasteiger partial charge >= 0.3 is 0 Å². The minimum absolute atomic E-state index is 0.0461. The van der Waals surface area contributed by atoms with Crippen LogP contribution in [0.25, 0.3) is 0 Å². The van der Waals surface area contributed by atoms with E-state index in [1.165, 1.54) is 44.9 Å². The third-order valence-corrected chi connectivity index (χ3v) is 7.54. The number of hydrogen-bond donors (Lipinski definition) is 1. The Morgan fingerprint density at radius 2 is 1.95 bits per heavy atom. The maximum absolute atomic E-state index is 9.96. The predicted octanol–water partition coefficient (Wildman–Crippen LogP) is 5.01.